The van der Waals surface area contributed by atoms with Gasteiger partial charge in [-0.05, 0) is 31.4 Å². The number of unbranched alkanes of at least 4 members (excludes halogenated alkanes) is 5. The van der Waals surface area contributed by atoms with Crippen molar-refractivity contribution in [2.24, 2.45) is 5.92 Å². The average molecular weight is 302 g/mol. The minimum Gasteiger partial charge on any atom is -0.481 e. The number of aliphatic carboxylic acids is 1. The van der Waals surface area contributed by atoms with Gasteiger partial charge in [-0.1, -0.05) is 38.3 Å². The largest absolute Gasteiger partial charge is 0.481 e. The van der Waals surface area contributed by atoms with Crippen LogP contribution >= 0.6 is 11.8 Å². The number of hydrogen-bond acceptors (Lipinski definition) is 3. The molecule has 0 fully saturated rings. The normalized spacial score (nSPS) is 12.9. The lowest BCUT2D eigenvalue weighted by Crippen LogP contribution is -2.15. The standard InChI is InChI=1S/C16H30O3S/c1-3-20-14-15(16(17)18)12-10-8-6-4-5-7-9-11-13-19-2/h8,10,15H,3-7,9,11-14H2,1-2H3,(H,17,18). The first-order valence-corrected chi connectivity index (χ1v) is 8.82. The van der Waals surface area contributed by atoms with Crippen LogP contribution in [0.2, 0.25) is 0 Å². The summed E-state index contributed by atoms with van der Waals surface area (Å²) in [7, 11) is 1.74. The van der Waals surface area contributed by atoms with Gasteiger partial charge in [0.1, 0.15) is 0 Å². The summed E-state index contributed by atoms with van der Waals surface area (Å²) in [6.07, 6.45) is 12.0. The molecule has 1 atom stereocenters. The summed E-state index contributed by atoms with van der Waals surface area (Å²) < 4.78 is 5.01. The smallest absolute Gasteiger partial charge is 0.307 e. The number of carboxylic acid groups (broad SMARTS) is 1. The van der Waals surface area contributed by atoms with Gasteiger partial charge in [-0.25, -0.2) is 0 Å². The Balaban J connectivity index is 3.51. The van der Waals surface area contributed by atoms with E-state index < -0.39 is 5.97 Å². The maximum atomic E-state index is 11.0. The highest BCUT2D eigenvalue weighted by Crippen LogP contribution is 2.14. The molecule has 0 spiro atoms. The molecule has 0 saturated heterocycles. The SMILES string of the molecule is CCSCC(CC=CCCCCCCCOC)C(=O)O. The van der Waals surface area contributed by atoms with Crippen LogP contribution in [0.1, 0.15) is 51.9 Å². The van der Waals surface area contributed by atoms with E-state index in [1.54, 1.807) is 18.9 Å². The lowest BCUT2D eigenvalue weighted by Gasteiger charge is -2.08. The number of ether oxygens (including phenoxy) is 1. The summed E-state index contributed by atoms with van der Waals surface area (Å²) in [5.41, 5.74) is 0. The van der Waals surface area contributed by atoms with Crippen molar-refractivity contribution in [2.75, 3.05) is 25.2 Å². The molecule has 0 saturated carbocycles. The predicted molar refractivity (Wildman–Crippen MR) is 87.5 cm³/mol. The Morgan fingerprint density at radius 1 is 1.20 bits per heavy atom. The van der Waals surface area contributed by atoms with E-state index in [0.717, 1.165) is 31.0 Å². The maximum absolute atomic E-state index is 11.0. The third kappa shape index (κ3) is 12.5. The van der Waals surface area contributed by atoms with Crippen molar-refractivity contribution >= 4 is 17.7 Å². The van der Waals surface area contributed by atoms with Crippen molar-refractivity contribution in [1.29, 1.82) is 0 Å². The summed E-state index contributed by atoms with van der Waals surface area (Å²) in [6.45, 7) is 2.93. The lowest BCUT2D eigenvalue weighted by atomic mass is 10.1. The number of hydrogen-bond donors (Lipinski definition) is 1. The number of thioether (sulfide) groups is 1. The van der Waals surface area contributed by atoms with Crippen molar-refractivity contribution in [3.63, 3.8) is 0 Å². The Bertz CT molecular complexity index is 254. The van der Waals surface area contributed by atoms with Crippen LogP contribution in [0, 0.1) is 5.92 Å². The summed E-state index contributed by atoms with van der Waals surface area (Å²) >= 11 is 1.70. The molecule has 0 aliphatic heterocycles. The number of rotatable bonds is 14. The van der Waals surface area contributed by atoms with Crippen LogP contribution < -0.4 is 0 Å². The van der Waals surface area contributed by atoms with Crippen molar-refractivity contribution in [2.45, 2.75) is 51.9 Å². The zero-order valence-electron chi connectivity index (χ0n) is 13.0. The van der Waals surface area contributed by atoms with Gasteiger partial charge in [-0.15, -0.1) is 0 Å². The van der Waals surface area contributed by atoms with Gasteiger partial charge in [0, 0.05) is 19.5 Å². The highest BCUT2D eigenvalue weighted by molar-refractivity contribution is 7.99. The van der Waals surface area contributed by atoms with E-state index in [1.807, 2.05) is 6.08 Å². The monoisotopic (exact) mass is 302 g/mol. The number of carbonyl (C=O) groups is 1. The molecule has 1 unspecified atom stereocenters. The summed E-state index contributed by atoms with van der Waals surface area (Å²) in [5, 5.41) is 9.09. The highest BCUT2D eigenvalue weighted by atomic mass is 32.2. The molecule has 118 valence electrons. The molecule has 0 aromatic rings. The van der Waals surface area contributed by atoms with E-state index in [9.17, 15) is 4.79 Å². The first-order valence-electron chi connectivity index (χ1n) is 7.66. The molecule has 0 amide bonds. The van der Waals surface area contributed by atoms with Gasteiger partial charge >= 0.3 is 5.97 Å². The first kappa shape index (κ1) is 19.5. The van der Waals surface area contributed by atoms with Crippen LogP contribution in [-0.2, 0) is 9.53 Å². The quantitative estimate of drug-likeness (QED) is 0.382. The van der Waals surface area contributed by atoms with Crippen LogP contribution in [0.3, 0.4) is 0 Å². The van der Waals surface area contributed by atoms with Crippen LogP contribution in [0.5, 0.6) is 0 Å². The Kier molecular flexibility index (Phi) is 14.6. The van der Waals surface area contributed by atoms with E-state index in [-0.39, 0.29) is 5.92 Å². The molecule has 0 aromatic heterocycles. The minimum atomic E-state index is -0.672. The second kappa shape index (κ2) is 14.9. The van der Waals surface area contributed by atoms with E-state index >= 15 is 0 Å². The Hall–Kier alpha value is -0.480. The number of carboxylic acids is 1. The molecule has 0 bridgehead atoms. The zero-order valence-corrected chi connectivity index (χ0v) is 13.8. The molecular formula is C16H30O3S. The summed E-state index contributed by atoms with van der Waals surface area (Å²) in [5.74, 6) is 0.797. The molecule has 3 nitrogen and oxygen atoms in total. The molecule has 0 aromatic carbocycles. The number of allylic oxidation sites excluding steroid dienone is 2. The molecule has 0 rings (SSSR count). The fourth-order valence-corrected chi connectivity index (χ4v) is 2.72. The fraction of sp³-hybridized carbons (Fsp3) is 0.812. The molecular weight excluding hydrogens is 272 g/mol. The molecule has 0 aliphatic rings. The van der Waals surface area contributed by atoms with Crippen molar-refractivity contribution in [1.82, 2.24) is 0 Å². The Morgan fingerprint density at radius 2 is 1.90 bits per heavy atom. The van der Waals surface area contributed by atoms with Gasteiger partial charge < -0.3 is 9.84 Å². The Labute approximate surface area is 128 Å². The third-order valence-electron chi connectivity index (χ3n) is 3.18. The van der Waals surface area contributed by atoms with Crippen molar-refractivity contribution in [3.8, 4) is 0 Å². The first-order chi connectivity index (χ1) is 9.72. The summed E-state index contributed by atoms with van der Waals surface area (Å²) in [4.78, 5) is 11.0. The average Bonchev–Trinajstić information content (AvgIpc) is 2.43. The lowest BCUT2D eigenvalue weighted by molar-refractivity contribution is -0.140. The van der Waals surface area contributed by atoms with Crippen molar-refractivity contribution in [3.05, 3.63) is 12.2 Å². The maximum Gasteiger partial charge on any atom is 0.307 e. The minimum absolute atomic E-state index is 0.231. The number of methoxy groups -OCH3 is 1. The second-order valence-corrected chi connectivity index (χ2v) is 6.27. The Morgan fingerprint density at radius 3 is 2.55 bits per heavy atom. The van der Waals surface area contributed by atoms with E-state index in [1.165, 1.54) is 25.7 Å². The molecule has 1 N–H and O–H groups in total. The highest BCUT2D eigenvalue weighted by Gasteiger charge is 2.14. The molecule has 0 aliphatic carbocycles. The molecule has 0 radical (unpaired) electrons. The van der Waals surface area contributed by atoms with Crippen LogP contribution in [0.15, 0.2) is 12.2 Å². The van der Waals surface area contributed by atoms with Crippen molar-refractivity contribution < 1.29 is 14.6 Å². The zero-order chi connectivity index (χ0) is 15.1. The van der Waals surface area contributed by atoms with Gasteiger partial charge in [-0.2, -0.15) is 11.8 Å². The third-order valence-corrected chi connectivity index (χ3v) is 4.23. The fourth-order valence-electron chi connectivity index (χ4n) is 1.92. The second-order valence-electron chi connectivity index (χ2n) is 4.95. The summed E-state index contributed by atoms with van der Waals surface area (Å²) in [6, 6.07) is 0. The van der Waals surface area contributed by atoms with E-state index in [4.69, 9.17) is 9.84 Å². The molecule has 0 heterocycles. The predicted octanol–water partition coefficient (Wildman–Crippen LogP) is 4.37. The van der Waals surface area contributed by atoms with E-state index in [0.29, 0.717) is 6.42 Å². The molecule has 4 heteroatoms. The van der Waals surface area contributed by atoms with Gasteiger partial charge in [0.25, 0.3) is 0 Å². The van der Waals surface area contributed by atoms with E-state index in [2.05, 4.69) is 13.0 Å². The van der Waals surface area contributed by atoms with Crippen LogP contribution in [0.4, 0.5) is 0 Å². The van der Waals surface area contributed by atoms with Crippen LogP contribution in [0.25, 0.3) is 0 Å². The van der Waals surface area contributed by atoms with Gasteiger partial charge in [0.15, 0.2) is 0 Å². The van der Waals surface area contributed by atoms with Crippen LogP contribution in [-0.4, -0.2) is 36.3 Å². The van der Waals surface area contributed by atoms with Gasteiger partial charge in [0.2, 0.25) is 0 Å². The molecule has 20 heavy (non-hydrogen) atoms. The van der Waals surface area contributed by atoms with Gasteiger partial charge in [0.05, 0.1) is 5.92 Å². The topological polar surface area (TPSA) is 46.5 Å². The van der Waals surface area contributed by atoms with Gasteiger partial charge in [-0.3, -0.25) is 4.79 Å².